The number of hydrogen-bond acceptors (Lipinski definition) is 3. The van der Waals surface area contributed by atoms with Crippen LogP contribution in [-0.4, -0.2) is 14.2 Å². The Morgan fingerprint density at radius 2 is 1.70 bits per heavy atom. The molecular weight excluding hydrogens is 274 g/mol. The van der Waals surface area contributed by atoms with E-state index < -0.39 is 5.54 Å². The average Bonchev–Trinajstić information content (AvgIpc) is 2.46. The summed E-state index contributed by atoms with van der Waals surface area (Å²) in [4.78, 5) is 0. The van der Waals surface area contributed by atoms with Gasteiger partial charge in [-0.3, -0.25) is 0 Å². The lowest BCUT2D eigenvalue weighted by atomic mass is 9.85. The molecule has 4 heteroatoms. The Kier molecular flexibility index (Phi) is 4.21. The lowest BCUT2D eigenvalue weighted by Gasteiger charge is -2.29. The second kappa shape index (κ2) is 5.73. The number of benzene rings is 2. The van der Waals surface area contributed by atoms with E-state index in [0.717, 1.165) is 16.9 Å². The third kappa shape index (κ3) is 2.60. The summed E-state index contributed by atoms with van der Waals surface area (Å²) in [6.45, 7) is 1.91. The van der Waals surface area contributed by atoms with E-state index >= 15 is 0 Å². The molecule has 20 heavy (non-hydrogen) atoms. The van der Waals surface area contributed by atoms with Gasteiger partial charge in [-0.15, -0.1) is 0 Å². The van der Waals surface area contributed by atoms with Crippen LogP contribution < -0.4 is 15.2 Å². The molecule has 0 saturated carbocycles. The first-order chi connectivity index (χ1) is 9.50. The SMILES string of the molecule is COc1ccc(OC)c(C(C)(N)c2ccccc2Cl)c1. The Bertz CT molecular complexity index is 611. The predicted molar refractivity (Wildman–Crippen MR) is 81.6 cm³/mol. The predicted octanol–water partition coefficient (Wildman–Crippen LogP) is 3.58. The minimum atomic E-state index is -0.780. The Morgan fingerprint density at radius 1 is 1.00 bits per heavy atom. The van der Waals surface area contributed by atoms with Gasteiger partial charge in [-0.05, 0) is 36.8 Å². The molecule has 0 aliphatic rings. The maximum absolute atomic E-state index is 6.54. The van der Waals surface area contributed by atoms with Crippen LogP contribution in [0.5, 0.6) is 11.5 Å². The van der Waals surface area contributed by atoms with Crippen molar-refractivity contribution < 1.29 is 9.47 Å². The van der Waals surface area contributed by atoms with Crippen LogP contribution in [0.4, 0.5) is 0 Å². The molecule has 2 aromatic rings. The fraction of sp³-hybridized carbons (Fsp3) is 0.250. The van der Waals surface area contributed by atoms with Gasteiger partial charge in [0.2, 0.25) is 0 Å². The first-order valence-electron chi connectivity index (χ1n) is 6.27. The number of nitrogens with two attached hydrogens (primary N) is 1. The summed E-state index contributed by atoms with van der Waals surface area (Å²) in [5.74, 6) is 1.43. The highest BCUT2D eigenvalue weighted by Gasteiger charge is 2.29. The summed E-state index contributed by atoms with van der Waals surface area (Å²) in [5.41, 5.74) is 7.43. The molecule has 3 nitrogen and oxygen atoms in total. The van der Waals surface area contributed by atoms with Gasteiger partial charge in [-0.1, -0.05) is 29.8 Å². The van der Waals surface area contributed by atoms with E-state index in [0.29, 0.717) is 10.8 Å². The number of methoxy groups -OCH3 is 2. The molecule has 0 radical (unpaired) electrons. The van der Waals surface area contributed by atoms with Crippen LogP contribution in [0, 0.1) is 0 Å². The van der Waals surface area contributed by atoms with Gasteiger partial charge in [-0.25, -0.2) is 0 Å². The average molecular weight is 292 g/mol. The molecule has 0 aliphatic heterocycles. The van der Waals surface area contributed by atoms with Crippen LogP contribution in [0.3, 0.4) is 0 Å². The maximum atomic E-state index is 6.54. The standard InChI is InChI=1S/C16H18ClNO2/c1-16(18,12-6-4-5-7-14(12)17)13-10-11(19-2)8-9-15(13)20-3/h4-10H,18H2,1-3H3. The van der Waals surface area contributed by atoms with Crippen LogP contribution in [0.1, 0.15) is 18.1 Å². The Hall–Kier alpha value is -1.71. The number of halogens is 1. The largest absolute Gasteiger partial charge is 0.497 e. The van der Waals surface area contributed by atoms with Gasteiger partial charge in [0.1, 0.15) is 11.5 Å². The van der Waals surface area contributed by atoms with Gasteiger partial charge in [-0.2, -0.15) is 0 Å². The smallest absolute Gasteiger partial charge is 0.124 e. The molecule has 0 spiro atoms. The maximum Gasteiger partial charge on any atom is 0.124 e. The third-order valence-corrected chi connectivity index (χ3v) is 3.73. The number of rotatable bonds is 4. The Labute approximate surface area is 124 Å². The van der Waals surface area contributed by atoms with Crippen molar-refractivity contribution in [3.63, 3.8) is 0 Å². The van der Waals surface area contributed by atoms with Crippen molar-refractivity contribution in [3.8, 4) is 11.5 Å². The Balaban J connectivity index is 2.61. The van der Waals surface area contributed by atoms with Crippen molar-refractivity contribution in [3.05, 3.63) is 58.6 Å². The van der Waals surface area contributed by atoms with Crippen molar-refractivity contribution in [2.75, 3.05) is 14.2 Å². The minimum Gasteiger partial charge on any atom is -0.497 e. The molecule has 0 bridgehead atoms. The van der Waals surface area contributed by atoms with E-state index in [1.165, 1.54) is 0 Å². The Morgan fingerprint density at radius 3 is 2.30 bits per heavy atom. The highest BCUT2D eigenvalue weighted by atomic mass is 35.5. The molecule has 0 saturated heterocycles. The van der Waals surface area contributed by atoms with Crippen molar-refractivity contribution in [2.24, 2.45) is 5.73 Å². The van der Waals surface area contributed by atoms with Crippen LogP contribution in [0.25, 0.3) is 0 Å². The molecule has 2 rings (SSSR count). The topological polar surface area (TPSA) is 44.5 Å². The molecule has 106 valence electrons. The van der Waals surface area contributed by atoms with Gasteiger partial charge in [0.25, 0.3) is 0 Å². The normalized spacial score (nSPS) is 13.7. The summed E-state index contributed by atoms with van der Waals surface area (Å²) in [6.07, 6.45) is 0. The fourth-order valence-electron chi connectivity index (χ4n) is 2.25. The van der Waals surface area contributed by atoms with Crippen LogP contribution in [0.15, 0.2) is 42.5 Å². The highest BCUT2D eigenvalue weighted by Crippen LogP contribution is 2.38. The summed E-state index contributed by atoms with van der Waals surface area (Å²) in [7, 11) is 3.24. The molecule has 0 aromatic heterocycles. The van der Waals surface area contributed by atoms with Crippen molar-refractivity contribution in [1.82, 2.24) is 0 Å². The highest BCUT2D eigenvalue weighted by molar-refractivity contribution is 6.31. The second-order valence-electron chi connectivity index (χ2n) is 4.75. The zero-order chi connectivity index (χ0) is 14.8. The number of hydrogen-bond donors (Lipinski definition) is 1. The molecule has 1 unspecified atom stereocenters. The van der Waals surface area contributed by atoms with E-state index in [9.17, 15) is 0 Å². The zero-order valence-electron chi connectivity index (χ0n) is 11.8. The molecule has 0 amide bonds. The van der Waals surface area contributed by atoms with Crippen molar-refractivity contribution >= 4 is 11.6 Å². The van der Waals surface area contributed by atoms with Gasteiger partial charge >= 0.3 is 0 Å². The first-order valence-corrected chi connectivity index (χ1v) is 6.65. The van der Waals surface area contributed by atoms with E-state index in [-0.39, 0.29) is 0 Å². The van der Waals surface area contributed by atoms with Gasteiger partial charge < -0.3 is 15.2 Å². The summed E-state index contributed by atoms with van der Waals surface area (Å²) in [6, 6.07) is 13.1. The van der Waals surface area contributed by atoms with Crippen LogP contribution >= 0.6 is 11.6 Å². The quantitative estimate of drug-likeness (QED) is 0.936. The van der Waals surface area contributed by atoms with E-state index in [1.54, 1.807) is 14.2 Å². The number of ether oxygens (including phenoxy) is 2. The molecule has 2 aromatic carbocycles. The summed E-state index contributed by atoms with van der Waals surface area (Å²) >= 11 is 6.28. The van der Waals surface area contributed by atoms with Gasteiger partial charge in [0, 0.05) is 10.6 Å². The lowest BCUT2D eigenvalue weighted by molar-refractivity contribution is 0.389. The van der Waals surface area contributed by atoms with Crippen LogP contribution in [-0.2, 0) is 5.54 Å². The molecule has 0 aliphatic carbocycles. The molecule has 2 N–H and O–H groups in total. The lowest BCUT2D eigenvalue weighted by Crippen LogP contribution is -2.35. The van der Waals surface area contributed by atoms with Gasteiger partial charge in [0.05, 0.1) is 19.8 Å². The monoisotopic (exact) mass is 291 g/mol. The fourth-order valence-corrected chi connectivity index (χ4v) is 2.58. The zero-order valence-corrected chi connectivity index (χ0v) is 12.6. The molecule has 0 heterocycles. The van der Waals surface area contributed by atoms with Crippen molar-refractivity contribution in [1.29, 1.82) is 0 Å². The van der Waals surface area contributed by atoms with Crippen LogP contribution in [0.2, 0.25) is 5.02 Å². The third-order valence-electron chi connectivity index (χ3n) is 3.40. The minimum absolute atomic E-state index is 0.627. The molecular formula is C16H18ClNO2. The molecule has 1 atom stereocenters. The van der Waals surface area contributed by atoms with E-state index in [2.05, 4.69) is 0 Å². The van der Waals surface area contributed by atoms with E-state index in [1.807, 2.05) is 49.4 Å². The summed E-state index contributed by atoms with van der Waals surface area (Å²) in [5, 5.41) is 0.627. The molecule has 0 fully saturated rings. The second-order valence-corrected chi connectivity index (χ2v) is 5.16. The van der Waals surface area contributed by atoms with Gasteiger partial charge in [0.15, 0.2) is 0 Å². The van der Waals surface area contributed by atoms with E-state index in [4.69, 9.17) is 26.8 Å². The first kappa shape index (κ1) is 14.7. The summed E-state index contributed by atoms with van der Waals surface area (Å²) < 4.78 is 10.7. The van der Waals surface area contributed by atoms with Crippen molar-refractivity contribution in [2.45, 2.75) is 12.5 Å².